The van der Waals surface area contributed by atoms with Crippen molar-refractivity contribution < 1.29 is 37.0 Å². The molecule has 2 saturated heterocycles. The van der Waals surface area contributed by atoms with Crippen LogP contribution in [0.2, 0.25) is 0 Å². The van der Waals surface area contributed by atoms with Gasteiger partial charge in [0, 0.05) is 25.8 Å². The van der Waals surface area contributed by atoms with Crippen molar-refractivity contribution in [2.45, 2.75) is 12.5 Å². The van der Waals surface area contributed by atoms with E-state index >= 15 is 0 Å². The lowest BCUT2D eigenvalue weighted by Crippen LogP contribution is -2.31. The van der Waals surface area contributed by atoms with Gasteiger partial charge in [0.25, 0.3) is 0 Å². The minimum Gasteiger partial charge on any atom is -0.466 e. The number of carbonyl (C=O) groups excluding carboxylic acids is 2. The minimum atomic E-state index is -1.41. The van der Waals surface area contributed by atoms with E-state index in [0.29, 0.717) is 24.5 Å². The molecule has 26 heavy (non-hydrogen) atoms. The molecule has 2 aliphatic heterocycles. The Morgan fingerprint density at radius 1 is 1.23 bits per heavy atom. The summed E-state index contributed by atoms with van der Waals surface area (Å²) in [5.41, 5.74) is -1.14. The van der Waals surface area contributed by atoms with Crippen LogP contribution in [0.4, 0.5) is 29.3 Å². The van der Waals surface area contributed by atoms with Crippen molar-refractivity contribution in [1.29, 1.82) is 0 Å². The number of amides is 1. The van der Waals surface area contributed by atoms with Crippen LogP contribution in [0.1, 0.15) is 6.42 Å². The smallest absolute Gasteiger partial charge is 0.415 e. The van der Waals surface area contributed by atoms with E-state index in [4.69, 9.17) is 9.47 Å². The lowest BCUT2D eigenvalue weighted by molar-refractivity contribution is -0.148. The van der Waals surface area contributed by atoms with E-state index in [-0.39, 0.29) is 13.2 Å². The highest BCUT2D eigenvalue weighted by Crippen LogP contribution is 2.34. The number of hydrogen-bond acceptors (Lipinski definition) is 6. The van der Waals surface area contributed by atoms with Gasteiger partial charge in [-0.2, -0.15) is 0 Å². The summed E-state index contributed by atoms with van der Waals surface area (Å²) in [5, 5.41) is 0. The molecule has 1 aromatic rings. The number of ether oxygens (including phenoxy) is 3. The van der Waals surface area contributed by atoms with E-state index in [1.165, 1.54) is 4.90 Å². The maximum absolute atomic E-state index is 14.6. The highest BCUT2D eigenvalue weighted by Gasteiger charge is 2.40. The van der Waals surface area contributed by atoms with Crippen LogP contribution in [0, 0.1) is 17.5 Å². The van der Waals surface area contributed by atoms with Crippen molar-refractivity contribution in [1.82, 2.24) is 0 Å². The van der Waals surface area contributed by atoms with E-state index < -0.39 is 53.5 Å². The van der Waals surface area contributed by atoms with Gasteiger partial charge in [0.2, 0.25) is 6.10 Å². The lowest BCUT2D eigenvalue weighted by Gasteiger charge is -2.25. The Hall–Kier alpha value is -2.49. The average molecular weight is 374 g/mol. The third kappa shape index (κ3) is 3.28. The third-order valence-corrected chi connectivity index (χ3v) is 4.22. The topological polar surface area (TPSA) is 68.3 Å². The number of carbonyl (C=O) groups is 2. The molecule has 0 saturated carbocycles. The molecule has 1 aromatic carbocycles. The van der Waals surface area contributed by atoms with Crippen LogP contribution in [-0.2, 0) is 19.0 Å². The molecule has 142 valence electrons. The standard InChI is InChI=1S/C16H17F3N2O5/c1-24-15(22)11-8-21(16(23)26-11)10-7-9(17)14(13(19)12(10)18)20-3-2-5-25-6-4-20/h7,11H,2-6,8H2,1H3. The summed E-state index contributed by atoms with van der Waals surface area (Å²) < 4.78 is 58.1. The molecule has 0 aliphatic carbocycles. The molecule has 0 bridgehead atoms. The van der Waals surface area contributed by atoms with Crippen LogP contribution in [0.3, 0.4) is 0 Å². The number of benzene rings is 1. The SMILES string of the molecule is COC(=O)C1CN(c2cc(F)c(N3CCCOCC3)c(F)c2F)C(=O)O1. The van der Waals surface area contributed by atoms with Crippen LogP contribution in [0.5, 0.6) is 0 Å². The van der Waals surface area contributed by atoms with Crippen molar-refractivity contribution in [2.75, 3.05) is 49.8 Å². The predicted octanol–water partition coefficient (Wildman–Crippen LogP) is 1.83. The number of rotatable bonds is 3. The molecule has 0 N–H and O–H groups in total. The maximum Gasteiger partial charge on any atom is 0.415 e. The largest absolute Gasteiger partial charge is 0.466 e. The predicted molar refractivity (Wildman–Crippen MR) is 83.6 cm³/mol. The van der Waals surface area contributed by atoms with E-state index in [1.807, 2.05) is 0 Å². The fourth-order valence-electron chi connectivity index (χ4n) is 2.94. The Morgan fingerprint density at radius 2 is 2.00 bits per heavy atom. The molecule has 1 atom stereocenters. The first-order valence-corrected chi connectivity index (χ1v) is 8.00. The van der Waals surface area contributed by atoms with Gasteiger partial charge in [-0.15, -0.1) is 0 Å². The maximum atomic E-state index is 14.6. The summed E-state index contributed by atoms with van der Waals surface area (Å²) in [6.45, 7) is 0.833. The molecule has 0 aromatic heterocycles. The first-order chi connectivity index (χ1) is 12.4. The van der Waals surface area contributed by atoms with Gasteiger partial charge >= 0.3 is 12.1 Å². The zero-order valence-electron chi connectivity index (χ0n) is 14.0. The second-order valence-electron chi connectivity index (χ2n) is 5.81. The van der Waals surface area contributed by atoms with Gasteiger partial charge in [0.15, 0.2) is 17.5 Å². The first kappa shape index (κ1) is 18.3. The molecular formula is C16H17F3N2O5. The normalized spacial score (nSPS) is 20.8. The highest BCUT2D eigenvalue weighted by molar-refractivity contribution is 5.94. The Kier molecular flexibility index (Phi) is 5.21. The van der Waals surface area contributed by atoms with Crippen molar-refractivity contribution in [3.8, 4) is 0 Å². The summed E-state index contributed by atoms with van der Waals surface area (Å²) in [7, 11) is 1.10. The van der Waals surface area contributed by atoms with Crippen molar-refractivity contribution in [3.63, 3.8) is 0 Å². The number of cyclic esters (lactones) is 1. The minimum absolute atomic E-state index is 0.211. The molecule has 2 aliphatic rings. The summed E-state index contributed by atoms with van der Waals surface area (Å²) in [4.78, 5) is 25.4. The summed E-state index contributed by atoms with van der Waals surface area (Å²) in [6.07, 6.45) is -1.84. The van der Waals surface area contributed by atoms with Crippen LogP contribution >= 0.6 is 0 Å². The van der Waals surface area contributed by atoms with Crippen LogP contribution in [0.15, 0.2) is 6.07 Å². The van der Waals surface area contributed by atoms with Crippen molar-refractivity contribution in [3.05, 3.63) is 23.5 Å². The second kappa shape index (κ2) is 7.40. The molecular weight excluding hydrogens is 357 g/mol. The quantitative estimate of drug-likeness (QED) is 0.594. The van der Waals surface area contributed by atoms with Gasteiger partial charge in [-0.1, -0.05) is 0 Å². The van der Waals surface area contributed by atoms with Gasteiger partial charge in [-0.25, -0.2) is 22.8 Å². The molecule has 2 heterocycles. The Morgan fingerprint density at radius 3 is 2.73 bits per heavy atom. The van der Waals surface area contributed by atoms with E-state index in [2.05, 4.69) is 4.74 Å². The summed E-state index contributed by atoms with van der Waals surface area (Å²) in [5.74, 6) is -4.66. The number of hydrogen-bond donors (Lipinski definition) is 0. The number of nitrogens with zero attached hydrogens (tertiary/aromatic N) is 2. The van der Waals surface area contributed by atoms with E-state index in [9.17, 15) is 22.8 Å². The zero-order valence-corrected chi connectivity index (χ0v) is 14.0. The fraction of sp³-hybridized carbons (Fsp3) is 0.500. The van der Waals surface area contributed by atoms with E-state index in [1.54, 1.807) is 0 Å². The monoisotopic (exact) mass is 374 g/mol. The Labute approximate surface area is 147 Å². The molecule has 2 fully saturated rings. The van der Waals surface area contributed by atoms with Crippen LogP contribution in [0.25, 0.3) is 0 Å². The third-order valence-electron chi connectivity index (χ3n) is 4.22. The van der Waals surface area contributed by atoms with Crippen LogP contribution in [-0.4, -0.2) is 58.1 Å². The van der Waals surface area contributed by atoms with E-state index in [0.717, 1.165) is 13.2 Å². The Bertz CT molecular complexity index is 722. The van der Waals surface area contributed by atoms with Gasteiger partial charge in [-0.05, 0) is 6.42 Å². The van der Waals surface area contributed by atoms with Crippen molar-refractivity contribution >= 4 is 23.4 Å². The average Bonchev–Trinajstić information content (AvgIpc) is 2.83. The number of esters is 1. The number of halogens is 3. The molecule has 1 amide bonds. The number of methoxy groups -OCH3 is 1. The van der Waals surface area contributed by atoms with Gasteiger partial charge in [-0.3, -0.25) is 4.90 Å². The molecule has 0 spiro atoms. The molecule has 0 radical (unpaired) electrons. The molecule has 1 unspecified atom stereocenters. The highest BCUT2D eigenvalue weighted by atomic mass is 19.2. The van der Waals surface area contributed by atoms with Gasteiger partial charge < -0.3 is 19.1 Å². The molecule has 7 nitrogen and oxygen atoms in total. The van der Waals surface area contributed by atoms with Gasteiger partial charge in [0.1, 0.15) is 5.69 Å². The van der Waals surface area contributed by atoms with Crippen LogP contribution < -0.4 is 9.80 Å². The van der Waals surface area contributed by atoms with Crippen molar-refractivity contribution in [2.24, 2.45) is 0 Å². The fourth-order valence-corrected chi connectivity index (χ4v) is 2.94. The zero-order chi connectivity index (χ0) is 18.8. The first-order valence-electron chi connectivity index (χ1n) is 8.00. The Balaban J connectivity index is 1.93. The summed E-state index contributed by atoms with van der Waals surface area (Å²) >= 11 is 0. The summed E-state index contributed by atoms with van der Waals surface area (Å²) in [6, 6.07) is 0.723. The lowest BCUT2D eigenvalue weighted by atomic mass is 10.2. The molecule has 10 heteroatoms. The second-order valence-corrected chi connectivity index (χ2v) is 5.81. The number of anilines is 2. The van der Waals surface area contributed by atoms with Gasteiger partial charge in [0.05, 0.1) is 25.9 Å². The molecule has 3 rings (SSSR count).